The minimum atomic E-state index is -0.237. The Labute approximate surface area is 148 Å². The molecule has 1 heteroatoms. The molecular formula is C23H31O+. The van der Waals surface area contributed by atoms with Crippen LogP contribution in [0, 0.1) is 6.92 Å². The average molecular weight is 324 g/mol. The maximum absolute atomic E-state index is 5.87. The van der Waals surface area contributed by atoms with Crippen molar-refractivity contribution in [1.82, 2.24) is 0 Å². The first-order valence-electron chi connectivity index (χ1n) is 9.29. The van der Waals surface area contributed by atoms with E-state index in [9.17, 15) is 0 Å². The summed E-state index contributed by atoms with van der Waals surface area (Å²) >= 11 is 0. The monoisotopic (exact) mass is 323 g/mol. The molecule has 0 radical (unpaired) electrons. The minimum absolute atomic E-state index is 0.237. The molecule has 0 spiro atoms. The number of ether oxygens (including phenoxy) is 1. The van der Waals surface area contributed by atoms with Crippen LogP contribution in [0.5, 0.6) is 5.75 Å². The van der Waals surface area contributed by atoms with Crippen LogP contribution in [-0.4, -0.2) is 6.61 Å². The lowest BCUT2D eigenvalue weighted by Gasteiger charge is -2.19. The molecule has 1 unspecified atom stereocenters. The Morgan fingerprint density at radius 1 is 0.792 bits per heavy atom. The van der Waals surface area contributed by atoms with Crippen molar-refractivity contribution in [2.24, 2.45) is 0 Å². The van der Waals surface area contributed by atoms with Crippen LogP contribution in [0.1, 0.15) is 63.5 Å². The molecule has 0 aliphatic rings. The van der Waals surface area contributed by atoms with Gasteiger partial charge < -0.3 is 4.74 Å². The quantitative estimate of drug-likeness (QED) is 0.355. The lowest BCUT2D eigenvalue weighted by molar-refractivity contribution is 0.304. The van der Waals surface area contributed by atoms with Gasteiger partial charge in [-0.25, -0.2) is 0 Å². The van der Waals surface area contributed by atoms with Gasteiger partial charge in [0.15, 0.2) is 5.41 Å². The van der Waals surface area contributed by atoms with Crippen molar-refractivity contribution in [3.63, 3.8) is 0 Å². The maximum atomic E-state index is 5.87. The number of hydrogen-bond donors (Lipinski definition) is 0. The van der Waals surface area contributed by atoms with Gasteiger partial charge in [-0.2, -0.15) is 0 Å². The van der Waals surface area contributed by atoms with E-state index in [0.29, 0.717) is 0 Å². The molecule has 0 amide bonds. The van der Waals surface area contributed by atoms with E-state index in [1.807, 2.05) is 6.07 Å². The molecule has 1 atom stereocenters. The zero-order valence-electron chi connectivity index (χ0n) is 15.3. The molecule has 0 saturated heterocycles. The van der Waals surface area contributed by atoms with Crippen LogP contribution < -0.4 is 4.74 Å². The molecule has 1 nitrogen and oxygen atoms in total. The van der Waals surface area contributed by atoms with Gasteiger partial charge >= 0.3 is 0 Å². The standard InChI is InChI=1S/C23H31O/c1-4-5-6-7-8-12-19-24-22-17-15-21(16-18-22)23(2,3)20-13-10-9-11-14-20/h9-11,13-18H,2,4-8,12,19H2,1,3H3/q+1. The van der Waals surface area contributed by atoms with Crippen LogP contribution in [0.3, 0.4) is 0 Å². The van der Waals surface area contributed by atoms with E-state index >= 15 is 0 Å². The normalized spacial score (nSPS) is 13.4. The van der Waals surface area contributed by atoms with Gasteiger partial charge in [0.2, 0.25) is 0 Å². The van der Waals surface area contributed by atoms with E-state index in [1.165, 1.54) is 43.2 Å². The predicted octanol–water partition coefficient (Wildman–Crippen LogP) is 6.57. The van der Waals surface area contributed by atoms with Crippen molar-refractivity contribution >= 4 is 0 Å². The van der Waals surface area contributed by atoms with Crippen LogP contribution in [0.4, 0.5) is 0 Å². The number of benzene rings is 2. The second-order valence-electron chi connectivity index (χ2n) is 6.84. The third-order valence-corrected chi connectivity index (χ3v) is 4.67. The summed E-state index contributed by atoms with van der Waals surface area (Å²) in [4.78, 5) is 0. The van der Waals surface area contributed by atoms with Crippen molar-refractivity contribution in [1.29, 1.82) is 0 Å². The molecule has 0 N–H and O–H groups in total. The SMILES string of the molecule is [CH2+]C(C)(c1ccccc1)c1ccc(OCCCCCCCC)cc1. The van der Waals surface area contributed by atoms with Crippen LogP contribution in [0.2, 0.25) is 0 Å². The highest BCUT2D eigenvalue weighted by atomic mass is 16.5. The first kappa shape index (κ1) is 18.4. The Hall–Kier alpha value is -1.89. The van der Waals surface area contributed by atoms with Gasteiger partial charge in [-0.1, -0.05) is 81.5 Å². The van der Waals surface area contributed by atoms with Gasteiger partial charge in [0.25, 0.3) is 0 Å². The van der Waals surface area contributed by atoms with Gasteiger partial charge in [0.05, 0.1) is 13.5 Å². The lowest BCUT2D eigenvalue weighted by Crippen LogP contribution is -2.19. The van der Waals surface area contributed by atoms with Gasteiger partial charge in [-0.05, 0) is 25.5 Å². The molecule has 0 bridgehead atoms. The van der Waals surface area contributed by atoms with Crippen molar-refractivity contribution in [2.75, 3.05) is 6.61 Å². The van der Waals surface area contributed by atoms with Gasteiger partial charge in [-0.3, -0.25) is 0 Å². The van der Waals surface area contributed by atoms with Gasteiger partial charge in [-0.15, -0.1) is 0 Å². The topological polar surface area (TPSA) is 9.23 Å². The molecule has 24 heavy (non-hydrogen) atoms. The van der Waals surface area contributed by atoms with E-state index in [0.717, 1.165) is 18.8 Å². The van der Waals surface area contributed by atoms with Crippen LogP contribution in [-0.2, 0) is 5.41 Å². The maximum Gasteiger partial charge on any atom is 0.152 e. The van der Waals surface area contributed by atoms with E-state index in [4.69, 9.17) is 4.74 Å². The molecule has 2 aromatic carbocycles. The highest BCUT2D eigenvalue weighted by Crippen LogP contribution is 2.31. The average Bonchev–Trinajstić information content (AvgIpc) is 2.62. The fourth-order valence-electron chi connectivity index (χ4n) is 2.96. The van der Waals surface area contributed by atoms with Crippen molar-refractivity contribution < 1.29 is 4.74 Å². The van der Waals surface area contributed by atoms with Crippen LogP contribution >= 0.6 is 0 Å². The zero-order valence-corrected chi connectivity index (χ0v) is 15.3. The fraction of sp³-hybridized carbons (Fsp3) is 0.435. The van der Waals surface area contributed by atoms with E-state index in [1.54, 1.807) is 0 Å². The smallest absolute Gasteiger partial charge is 0.152 e. The molecule has 128 valence electrons. The highest BCUT2D eigenvalue weighted by molar-refractivity contribution is 5.41. The first-order valence-corrected chi connectivity index (χ1v) is 9.29. The number of rotatable bonds is 10. The summed E-state index contributed by atoms with van der Waals surface area (Å²) in [5.74, 6) is 0.955. The molecule has 0 heterocycles. The molecular weight excluding hydrogens is 292 g/mol. The Morgan fingerprint density at radius 2 is 1.38 bits per heavy atom. The zero-order chi connectivity index (χ0) is 17.3. The summed E-state index contributed by atoms with van der Waals surface area (Å²) in [5.41, 5.74) is 2.20. The third-order valence-electron chi connectivity index (χ3n) is 4.67. The first-order chi connectivity index (χ1) is 11.6. The molecule has 0 aliphatic carbocycles. The van der Waals surface area contributed by atoms with Crippen LogP contribution in [0.15, 0.2) is 54.6 Å². The fourth-order valence-corrected chi connectivity index (χ4v) is 2.96. The molecule has 2 rings (SSSR count). The number of hydrogen-bond acceptors (Lipinski definition) is 1. The van der Waals surface area contributed by atoms with E-state index in [2.05, 4.69) is 69.3 Å². The Morgan fingerprint density at radius 3 is 2.04 bits per heavy atom. The molecule has 2 aromatic rings. The summed E-state index contributed by atoms with van der Waals surface area (Å²) in [6.07, 6.45) is 7.75. The molecule has 0 saturated carbocycles. The van der Waals surface area contributed by atoms with E-state index in [-0.39, 0.29) is 5.41 Å². The molecule has 0 aromatic heterocycles. The second-order valence-corrected chi connectivity index (χ2v) is 6.84. The predicted molar refractivity (Wildman–Crippen MR) is 104 cm³/mol. The van der Waals surface area contributed by atoms with Crippen molar-refractivity contribution in [3.05, 3.63) is 72.6 Å². The summed E-state index contributed by atoms with van der Waals surface area (Å²) in [5, 5.41) is 0. The molecule has 0 fully saturated rings. The summed E-state index contributed by atoms with van der Waals surface area (Å²) in [6.45, 7) is 9.63. The van der Waals surface area contributed by atoms with Crippen molar-refractivity contribution in [2.45, 2.75) is 57.8 Å². The third kappa shape index (κ3) is 5.33. The summed E-state index contributed by atoms with van der Waals surface area (Å²) < 4.78 is 5.87. The second kappa shape index (κ2) is 9.42. The Balaban J connectivity index is 1.82. The highest BCUT2D eigenvalue weighted by Gasteiger charge is 2.30. The van der Waals surface area contributed by atoms with E-state index < -0.39 is 0 Å². The van der Waals surface area contributed by atoms with Crippen LogP contribution in [0.25, 0.3) is 0 Å². The number of unbranched alkanes of at least 4 members (excludes halogenated alkanes) is 5. The van der Waals surface area contributed by atoms with Gasteiger partial charge in [0.1, 0.15) is 5.75 Å². The lowest BCUT2D eigenvalue weighted by atomic mass is 9.78. The summed E-state index contributed by atoms with van der Waals surface area (Å²) in [6, 6.07) is 18.9. The Kier molecular flexibility index (Phi) is 7.24. The van der Waals surface area contributed by atoms with Crippen molar-refractivity contribution in [3.8, 4) is 5.75 Å². The Bertz CT molecular complexity index is 569. The summed E-state index contributed by atoms with van der Waals surface area (Å²) in [7, 11) is 0. The van der Waals surface area contributed by atoms with Gasteiger partial charge in [0, 0.05) is 11.1 Å². The minimum Gasteiger partial charge on any atom is -0.494 e. The molecule has 0 aliphatic heterocycles. The largest absolute Gasteiger partial charge is 0.494 e.